The highest BCUT2D eigenvalue weighted by Crippen LogP contribution is 2.38. The maximum atomic E-state index is 6.18. The minimum Gasteiger partial charge on any atom is -0.366 e. The van der Waals surface area contributed by atoms with Gasteiger partial charge in [0, 0.05) is 28.2 Å². The van der Waals surface area contributed by atoms with Crippen molar-refractivity contribution in [3.63, 3.8) is 0 Å². The molecular weight excluding hydrogens is 326 g/mol. The van der Waals surface area contributed by atoms with Crippen LogP contribution < -0.4 is 5.32 Å². The maximum absolute atomic E-state index is 6.18. The summed E-state index contributed by atoms with van der Waals surface area (Å²) in [6.07, 6.45) is 4.23. The predicted molar refractivity (Wildman–Crippen MR) is 80.5 cm³/mol. The molecule has 1 saturated carbocycles. The van der Waals surface area contributed by atoms with Crippen LogP contribution in [-0.4, -0.2) is 9.97 Å². The molecule has 5 heteroatoms. The molecule has 0 spiro atoms. The van der Waals surface area contributed by atoms with Crippen molar-refractivity contribution in [1.82, 2.24) is 9.97 Å². The molecule has 3 rings (SSSR count). The van der Waals surface area contributed by atoms with Crippen LogP contribution in [-0.2, 0) is 6.54 Å². The summed E-state index contributed by atoms with van der Waals surface area (Å²) in [6, 6.07) is 7.77. The van der Waals surface area contributed by atoms with Gasteiger partial charge in [-0.1, -0.05) is 33.6 Å². The summed E-state index contributed by atoms with van der Waals surface area (Å²) < 4.78 is 0.985. The first-order valence-corrected chi connectivity index (χ1v) is 7.40. The minimum atomic E-state index is 0.568. The second kappa shape index (κ2) is 5.47. The number of hydrogen-bond donors (Lipinski definition) is 1. The fraction of sp³-hybridized carbons (Fsp3) is 0.286. The van der Waals surface area contributed by atoms with Crippen molar-refractivity contribution in [2.75, 3.05) is 5.32 Å². The Morgan fingerprint density at radius 2 is 2.16 bits per heavy atom. The molecule has 0 radical (unpaired) electrons. The van der Waals surface area contributed by atoms with E-state index < -0.39 is 0 Å². The molecule has 1 aliphatic carbocycles. The van der Waals surface area contributed by atoms with Crippen LogP contribution in [0, 0.1) is 0 Å². The molecule has 1 aromatic heterocycles. The van der Waals surface area contributed by atoms with Crippen molar-refractivity contribution < 1.29 is 0 Å². The van der Waals surface area contributed by atoms with E-state index in [1.165, 1.54) is 12.8 Å². The first-order chi connectivity index (χ1) is 9.22. The monoisotopic (exact) mass is 337 g/mol. The summed E-state index contributed by atoms with van der Waals surface area (Å²) in [5, 5.41) is 4.04. The summed E-state index contributed by atoms with van der Waals surface area (Å²) >= 11 is 9.58. The SMILES string of the molecule is Clc1cc(Br)ccc1CNc1ccnc(C2CC2)n1. The fourth-order valence-corrected chi connectivity index (χ4v) is 2.60. The van der Waals surface area contributed by atoms with Gasteiger partial charge in [0.1, 0.15) is 11.6 Å². The number of rotatable bonds is 4. The maximum Gasteiger partial charge on any atom is 0.133 e. The Hall–Kier alpha value is -1.13. The van der Waals surface area contributed by atoms with E-state index in [-0.39, 0.29) is 0 Å². The zero-order valence-corrected chi connectivity index (χ0v) is 12.6. The zero-order chi connectivity index (χ0) is 13.2. The molecule has 1 aliphatic rings. The third-order valence-electron chi connectivity index (χ3n) is 3.09. The van der Waals surface area contributed by atoms with Gasteiger partial charge < -0.3 is 5.32 Å². The Morgan fingerprint density at radius 1 is 1.32 bits per heavy atom. The molecule has 0 saturated heterocycles. The van der Waals surface area contributed by atoms with Gasteiger partial charge in [0.25, 0.3) is 0 Å². The van der Waals surface area contributed by atoms with Crippen LogP contribution in [0.1, 0.15) is 30.1 Å². The number of aromatic nitrogens is 2. The number of halogens is 2. The number of benzene rings is 1. The van der Waals surface area contributed by atoms with E-state index in [2.05, 4.69) is 31.2 Å². The third-order valence-corrected chi connectivity index (χ3v) is 3.94. The molecule has 3 nitrogen and oxygen atoms in total. The Balaban J connectivity index is 1.69. The quantitative estimate of drug-likeness (QED) is 0.899. The third kappa shape index (κ3) is 3.25. The van der Waals surface area contributed by atoms with E-state index in [0.717, 1.165) is 26.7 Å². The number of anilines is 1. The lowest BCUT2D eigenvalue weighted by atomic mass is 10.2. The normalized spacial score (nSPS) is 14.4. The van der Waals surface area contributed by atoms with Crippen LogP contribution in [0.3, 0.4) is 0 Å². The first kappa shape index (κ1) is 12.9. The molecule has 0 bridgehead atoms. The molecule has 0 aliphatic heterocycles. The summed E-state index contributed by atoms with van der Waals surface area (Å²) in [6.45, 7) is 0.660. The Labute approximate surface area is 125 Å². The fourth-order valence-electron chi connectivity index (χ4n) is 1.86. The zero-order valence-electron chi connectivity index (χ0n) is 10.2. The second-order valence-corrected chi connectivity index (χ2v) is 5.99. The number of nitrogens with one attached hydrogen (secondary N) is 1. The lowest BCUT2D eigenvalue weighted by Crippen LogP contribution is -2.04. The highest BCUT2D eigenvalue weighted by atomic mass is 79.9. The largest absolute Gasteiger partial charge is 0.366 e. The van der Waals surface area contributed by atoms with Crippen LogP contribution in [0.5, 0.6) is 0 Å². The highest BCUT2D eigenvalue weighted by molar-refractivity contribution is 9.10. The summed E-state index contributed by atoms with van der Waals surface area (Å²) in [5.74, 6) is 2.38. The van der Waals surface area contributed by atoms with Crippen LogP contribution in [0.2, 0.25) is 5.02 Å². The van der Waals surface area contributed by atoms with Gasteiger partial charge >= 0.3 is 0 Å². The van der Waals surface area contributed by atoms with Crippen molar-refractivity contribution >= 4 is 33.3 Å². The van der Waals surface area contributed by atoms with Gasteiger partial charge in [0.05, 0.1) is 0 Å². The van der Waals surface area contributed by atoms with E-state index in [9.17, 15) is 0 Å². The molecule has 2 aromatic rings. The van der Waals surface area contributed by atoms with Gasteiger partial charge in [-0.3, -0.25) is 0 Å². The predicted octanol–water partition coefficient (Wildman–Crippen LogP) is 4.38. The topological polar surface area (TPSA) is 37.8 Å². The standard InChI is InChI=1S/C14H13BrClN3/c15-11-4-3-10(12(16)7-11)8-18-13-5-6-17-14(19-13)9-1-2-9/h3-7,9H,1-2,8H2,(H,17,18,19). The highest BCUT2D eigenvalue weighted by Gasteiger charge is 2.26. The van der Waals surface area contributed by atoms with E-state index in [4.69, 9.17) is 11.6 Å². The van der Waals surface area contributed by atoms with Gasteiger partial charge in [-0.15, -0.1) is 0 Å². The van der Waals surface area contributed by atoms with Crippen molar-refractivity contribution in [2.45, 2.75) is 25.3 Å². The van der Waals surface area contributed by atoms with E-state index in [1.807, 2.05) is 30.5 Å². The van der Waals surface area contributed by atoms with Gasteiger partial charge in [-0.25, -0.2) is 9.97 Å². The molecule has 0 amide bonds. The average Bonchev–Trinajstić information content (AvgIpc) is 3.22. The van der Waals surface area contributed by atoms with Gasteiger partial charge in [0.15, 0.2) is 0 Å². The molecule has 0 atom stereocenters. The van der Waals surface area contributed by atoms with Crippen molar-refractivity contribution in [3.8, 4) is 0 Å². The molecule has 0 unspecified atom stereocenters. The lowest BCUT2D eigenvalue weighted by Gasteiger charge is -2.08. The molecule has 1 heterocycles. The van der Waals surface area contributed by atoms with Crippen molar-refractivity contribution in [1.29, 1.82) is 0 Å². The smallest absolute Gasteiger partial charge is 0.133 e. The van der Waals surface area contributed by atoms with Crippen LogP contribution in [0.15, 0.2) is 34.9 Å². The van der Waals surface area contributed by atoms with Crippen LogP contribution in [0.4, 0.5) is 5.82 Å². The Kier molecular flexibility index (Phi) is 3.71. The van der Waals surface area contributed by atoms with Gasteiger partial charge in [-0.05, 0) is 36.6 Å². The average molecular weight is 339 g/mol. The molecule has 1 N–H and O–H groups in total. The molecule has 1 fully saturated rings. The molecule has 98 valence electrons. The molecule has 19 heavy (non-hydrogen) atoms. The van der Waals surface area contributed by atoms with E-state index in [1.54, 1.807) is 0 Å². The van der Waals surface area contributed by atoms with Crippen LogP contribution >= 0.6 is 27.5 Å². The van der Waals surface area contributed by atoms with Crippen molar-refractivity contribution in [3.05, 3.63) is 51.3 Å². The first-order valence-electron chi connectivity index (χ1n) is 6.23. The summed E-state index contributed by atoms with van der Waals surface area (Å²) in [5.41, 5.74) is 1.05. The number of hydrogen-bond acceptors (Lipinski definition) is 3. The Bertz CT molecular complexity index is 599. The van der Waals surface area contributed by atoms with E-state index >= 15 is 0 Å². The number of nitrogens with zero attached hydrogens (tertiary/aromatic N) is 2. The lowest BCUT2D eigenvalue weighted by molar-refractivity contribution is 0.921. The summed E-state index contributed by atoms with van der Waals surface area (Å²) in [7, 11) is 0. The van der Waals surface area contributed by atoms with Gasteiger partial charge in [0.2, 0.25) is 0 Å². The minimum absolute atomic E-state index is 0.568. The van der Waals surface area contributed by atoms with Crippen molar-refractivity contribution in [2.24, 2.45) is 0 Å². The van der Waals surface area contributed by atoms with Gasteiger partial charge in [-0.2, -0.15) is 0 Å². The second-order valence-electron chi connectivity index (χ2n) is 4.66. The molecule has 1 aromatic carbocycles. The molecular formula is C14H13BrClN3. The van der Waals surface area contributed by atoms with E-state index in [0.29, 0.717) is 12.5 Å². The Morgan fingerprint density at radius 3 is 2.89 bits per heavy atom. The summed E-state index contributed by atoms with van der Waals surface area (Å²) in [4.78, 5) is 8.82. The van der Waals surface area contributed by atoms with Crippen LogP contribution in [0.25, 0.3) is 0 Å².